The molecule has 0 amide bonds. The summed E-state index contributed by atoms with van der Waals surface area (Å²) in [5.74, 6) is -0.489. The summed E-state index contributed by atoms with van der Waals surface area (Å²) >= 11 is 0. The van der Waals surface area contributed by atoms with Gasteiger partial charge in [0.2, 0.25) is 0 Å². The minimum Gasteiger partial charge on any atom is -0.465 e. The molecule has 1 aliphatic rings. The van der Waals surface area contributed by atoms with Crippen molar-refractivity contribution in [1.29, 1.82) is 0 Å². The second-order valence-corrected chi connectivity index (χ2v) is 5.27. The molecule has 1 fully saturated rings. The number of carbonyl (C=O) groups excluding carboxylic acids is 2. The van der Waals surface area contributed by atoms with E-state index in [0.717, 1.165) is 12.8 Å². The van der Waals surface area contributed by atoms with E-state index in [-0.39, 0.29) is 5.78 Å². The molecule has 98 valence electrons. The fourth-order valence-electron chi connectivity index (χ4n) is 1.81. The Morgan fingerprint density at radius 3 is 2.35 bits per heavy atom. The third kappa shape index (κ3) is 3.28. The topological polar surface area (TPSA) is 46.6 Å². The summed E-state index contributed by atoms with van der Waals surface area (Å²) in [7, 11) is 1.95. The van der Waals surface area contributed by atoms with Gasteiger partial charge in [0.15, 0.2) is 5.78 Å². The number of nitrogens with zero attached hydrogens (tertiary/aromatic N) is 1. The van der Waals surface area contributed by atoms with E-state index in [2.05, 4.69) is 0 Å². The van der Waals surface area contributed by atoms with Crippen LogP contribution in [0.3, 0.4) is 0 Å². The zero-order valence-corrected chi connectivity index (χ0v) is 11.3. The van der Waals surface area contributed by atoms with Crippen LogP contribution in [0.15, 0.2) is 0 Å². The monoisotopic (exact) mass is 241 g/mol. The van der Waals surface area contributed by atoms with Crippen LogP contribution in [0.1, 0.15) is 40.0 Å². The first-order valence-electron chi connectivity index (χ1n) is 6.30. The van der Waals surface area contributed by atoms with E-state index in [1.807, 2.05) is 11.9 Å². The zero-order chi connectivity index (χ0) is 13.1. The van der Waals surface area contributed by atoms with Gasteiger partial charge in [-0.05, 0) is 40.7 Å². The number of likely N-dealkylation sites (N-methyl/N-ethyl adjacent to an activating group) is 1. The normalized spacial score (nSPS) is 16.8. The fraction of sp³-hybridized carbons (Fsp3) is 0.846. The molecular formula is C13H23NO3. The van der Waals surface area contributed by atoms with Crippen molar-refractivity contribution in [3.63, 3.8) is 0 Å². The van der Waals surface area contributed by atoms with Gasteiger partial charge in [-0.2, -0.15) is 0 Å². The number of hydrogen-bond acceptors (Lipinski definition) is 4. The highest BCUT2D eigenvalue weighted by Crippen LogP contribution is 2.25. The molecular weight excluding hydrogens is 218 g/mol. The van der Waals surface area contributed by atoms with Crippen LogP contribution in [-0.2, 0) is 14.3 Å². The maximum atomic E-state index is 12.1. The second kappa shape index (κ2) is 5.63. The molecule has 4 nitrogen and oxygen atoms in total. The molecule has 0 aliphatic heterocycles. The summed E-state index contributed by atoms with van der Waals surface area (Å²) < 4.78 is 4.93. The number of esters is 1. The Labute approximate surface area is 103 Å². The lowest BCUT2D eigenvalue weighted by atomic mass is 9.86. The smallest absolute Gasteiger partial charge is 0.319 e. The first-order valence-corrected chi connectivity index (χ1v) is 6.30. The highest BCUT2D eigenvalue weighted by Gasteiger charge is 2.38. The van der Waals surface area contributed by atoms with Gasteiger partial charge in [0, 0.05) is 6.04 Å². The quantitative estimate of drug-likeness (QED) is 0.524. The Bertz CT molecular complexity index is 295. The van der Waals surface area contributed by atoms with E-state index >= 15 is 0 Å². The second-order valence-electron chi connectivity index (χ2n) is 5.27. The fourth-order valence-corrected chi connectivity index (χ4v) is 1.81. The number of ketones is 1. The maximum Gasteiger partial charge on any atom is 0.319 e. The van der Waals surface area contributed by atoms with Crippen molar-refractivity contribution in [3.8, 4) is 0 Å². The lowest BCUT2D eigenvalue weighted by Gasteiger charge is -2.35. The van der Waals surface area contributed by atoms with Crippen molar-refractivity contribution in [2.24, 2.45) is 5.41 Å². The molecule has 0 saturated heterocycles. The predicted molar refractivity (Wildman–Crippen MR) is 65.7 cm³/mol. The van der Waals surface area contributed by atoms with Gasteiger partial charge in [-0.25, -0.2) is 0 Å². The predicted octanol–water partition coefficient (Wildman–Crippen LogP) is 1.63. The third-order valence-corrected chi connectivity index (χ3v) is 3.57. The Kier molecular flexibility index (Phi) is 4.69. The standard InChI is InChI=1S/C13H23NO3/c1-5-17-12(16)13(2,3)11(15)9-14(4)10-7-6-8-10/h10H,5-9H2,1-4H3. The first kappa shape index (κ1) is 14.2. The largest absolute Gasteiger partial charge is 0.465 e. The average molecular weight is 241 g/mol. The van der Waals surface area contributed by atoms with Crippen molar-refractivity contribution < 1.29 is 14.3 Å². The van der Waals surface area contributed by atoms with E-state index in [9.17, 15) is 9.59 Å². The summed E-state index contributed by atoms with van der Waals surface area (Å²) in [6, 6.07) is 0.511. The van der Waals surface area contributed by atoms with Crippen LogP contribution in [0.5, 0.6) is 0 Å². The SMILES string of the molecule is CCOC(=O)C(C)(C)C(=O)CN(C)C1CCC1. The third-order valence-electron chi connectivity index (χ3n) is 3.57. The van der Waals surface area contributed by atoms with Gasteiger partial charge in [0.1, 0.15) is 5.41 Å². The Hall–Kier alpha value is -0.900. The average Bonchev–Trinajstić information content (AvgIpc) is 2.14. The van der Waals surface area contributed by atoms with Gasteiger partial charge < -0.3 is 4.74 Å². The van der Waals surface area contributed by atoms with Crippen LogP contribution in [0, 0.1) is 5.41 Å². The van der Waals surface area contributed by atoms with Gasteiger partial charge in [-0.1, -0.05) is 6.42 Å². The minimum atomic E-state index is -1.03. The zero-order valence-electron chi connectivity index (χ0n) is 11.3. The van der Waals surface area contributed by atoms with Gasteiger partial charge >= 0.3 is 5.97 Å². The Morgan fingerprint density at radius 1 is 1.35 bits per heavy atom. The summed E-state index contributed by atoms with van der Waals surface area (Å²) in [6.45, 7) is 5.67. The van der Waals surface area contributed by atoms with Crippen LogP contribution in [0.25, 0.3) is 0 Å². The Balaban J connectivity index is 2.52. The van der Waals surface area contributed by atoms with Crippen LogP contribution >= 0.6 is 0 Å². The molecule has 0 aromatic rings. The van der Waals surface area contributed by atoms with E-state index in [0.29, 0.717) is 19.2 Å². The maximum absolute atomic E-state index is 12.1. The lowest BCUT2D eigenvalue weighted by molar-refractivity contribution is -0.158. The first-order chi connectivity index (χ1) is 7.89. The molecule has 0 heterocycles. The van der Waals surface area contributed by atoms with Crippen molar-refractivity contribution >= 4 is 11.8 Å². The number of hydrogen-bond donors (Lipinski definition) is 0. The van der Waals surface area contributed by atoms with E-state index in [4.69, 9.17) is 4.74 Å². The molecule has 17 heavy (non-hydrogen) atoms. The summed E-state index contributed by atoms with van der Waals surface area (Å²) in [5.41, 5.74) is -1.03. The highest BCUT2D eigenvalue weighted by molar-refractivity contribution is 6.03. The summed E-state index contributed by atoms with van der Waals surface area (Å²) in [5, 5.41) is 0. The lowest BCUT2D eigenvalue weighted by Crippen LogP contribution is -2.46. The van der Waals surface area contributed by atoms with Gasteiger partial charge in [-0.3, -0.25) is 14.5 Å². The molecule has 0 radical (unpaired) electrons. The van der Waals surface area contributed by atoms with E-state index < -0.39 is 11.4 Å². The Morgan fingerprint density at radius 2 is 1.94 bits per heavy atom. The number of rotatable bonds is 6. The van der Waals surface area contributed by atoms with Crippen molar-refractivity contribution in [1.82, 2.24) is 4.90 Å². The molecule has 4 heteroatoms. The van der Waals surface area contributed by atoms with Gasteiger partial charge in [0.05, 0.1) is 13.2 Å². The molecule has 0 unspecified atom stereocenters. The van der Waals surface area contributed by atoms with Crippen molar-refractivity contribution in [2.75, 3.05) is 20.2 Å². The highest BCUT2D eigenvalue weighted by atomic mass is 16.5. The molecule has 0 N–H and O–H groups in total. The summed E-state index contributed by atoms with van der Waals surface area (Å²) in [6.07, 6.45) is 3.55. The number of carbonyl (C=O) groups is 2. The van der Waals surface area contributed by atoms with Crippen LogP contribution in [-0.4, -0.2) is 42.9 Å². The number of ether oxygens (including phenoxy) is 1. The molecule has 1 saturated carbocycles. The van der Waals surface area contributed by atoms with E-state index in [1.54, 1.807) is 20.8 Å². The van der Waals surface area contributed by atoms with Crippen molar-refractivity contribution in [2.45, 2.75) is 46.1 Å². The minimum absolute atomic E-state index is 0.0645. The molecule has 1 aliphatic carbocycles. The number of Topliss-reactive ketones (excluding diaryl/α,β-unsaturated/α-hetero) is 1. The molecule has 0 aromatic heterocycles. The van der Waals surface area contributed by atoms with Crippen LogP contribution in [0.4, 0.5) is 0 Å². The van der Waals surface area contributed by atoms with Crippen molar-refractivity contribution in [3.05, 3.63) is 0 Å². The van der Waals surface area contributed by atoms with Gasteiger partial charge in [-0.15, -0.1) is 0 Å². The van der Waals surface area contributed by atoms with Crippen LogP contribution in [0.2, 0.25) is 0 Å². The van der Waals surface area contributed by atoms with Crippen LogP contribution < -0.4 is 0 Å². The molecule has 0 bridgehead atoms. The molecule has 1 rings (SSSR count). The molecule has 0 atom stereocenters. The molecule has 0 spiro atoms. The van der Waals surface area contributed by atoms with E-state index in [1.165, 1.54) is 6.42 Å². The molecule has 0 aromatic carbocycles. The van der Waals surface area contributed by atoms with Gasteiger partial charge in [0.25, 0.3) is 0 Å². The summed E-state index contributed by atoms with van der Waals surface area (Å²) in [4.78, 5) is 25.8.